The monoisotopic (exact) mass is 252 g/mol. The van der Waals surface area contributed by atoms with Gasteiger partial charge in [-0.3, -0.25) is 0 Å². The van der Waals surface area contributed by atoms with Gasteiger partial charge in [-0.05, 0) is 16.7 Å². The molecule has 1 saturated heterocycles. The van der Waals surface area contributed by atoms with E-state index in [1.165, 1.54) is 4.80 Å². The SMILES string of the molecule is OCC1(Cn2nnc(-c3ccsc3)n2)COC1. The van der Waals surface area contributed by atoms with Gasteiger partial charge in [0.05, 0.1) is 31.8 Å². The second-order valence-corrected chi connectivity index (χ2v) is 5.09. The lowest BCUT2D eigenvalue weighted by molar-refractivity contribution is -0.147. The summed E-state index contributed by atoms with van der Waals surface area (Å²) in [5.74, 6) is 0.625. The Kier molecular flexibility index (Phi) is 2.65. The Morgan fingerprint density at radius 1 is 1.53 bits per heavy atom. The number of nitrogens with zero attached hydrogens (tertiary/aromatic N) is 4. The van der Waals surface area contributed by atoms with Crippen LogP contribution in [-0.2, 0) is 11.3 Å². The Labute approximate surface area is 102 Å². The van der Waals surface area contributed by atoms with Gasteiger partial charge in [-0.25, -0.2) is 0 Å². The summed E-state index contributed by atoms with van der Waals surface area (Å²) in [7, 11) is 0. The second-order valence-electron chi connectivity index (χ2n) is 4.31. The van der Waals surface area contributed by atoms with Crippen LogP contribution in [0.15, 0.2) is 16.8 Å². The van der Waals surface area contributed by atoms with Gasteiger partial charge >= 0.3 is 0 Å². The fraction of sp³-hybridized carbons (Fsp3) is 0.500. The first-order chi connectivity index (χ1) is 8.31. The molecule has 2 aromatic rings. The van der Waals surface area contributed by atoms with Crippen LogP contribution in [0.4, 0.5) is 0 Å². The summed E-state index contributed by atoms with van der Waals surface area (Å²) < 4.78 is 5.13. The highest BCUT2D eigenvalue weighted by molar-refractivity contribution is 7.08. The van der Waals surface area contributed by atoms with Gasteiger partial charge < -0.3 is 9.84 Å². The molecule has 0 spiro atoms. The number of aliphatic hydroxyl groups excluding tert-OH is 1. The number of ether oxygens (including phenoxy) is 1. The molecule has 0 aliphatic carbocycles. The molecule has 0 unspecified atom stereocenters. The molecule has 0 saturated carbocycles. The van der Waals surface area contributed by atoms with Crippen molar-refractivity contribution in [3.05, 3.63) is 16.8 Å². The molecule has 0 radical (unpaired) electrons. The zero-order valence-corrected chi connectivity index (χ0v) is 9.93. The first kappa shape index (κ1) is 10.8. The summed E-state index contributed by atoms with van der Waals surface area (Å²) in [5.41, 5.74) is 0.747. The highest BCUT2D eigenvalue weighted by atomic mass is 32.1. The van der Waals surface area contributed by atoms with Gasteiger partial charge in [0.1, 0.15) is 0 Å². The van der Waals surface area contributed by atoms with Crippen LogP contribution in [0.1, 0.15) is 0 Å². The molecular formula is C10H12N4O2S. The minimum Gasteiger partial charge on any atom is -0.396 e. The summed E-state index contributed by atoms with van der Waals surface area (Å²) in [6, 6.07) is 1.96. The number of hydrogen-bond donors (Lipinski definition) is 1. The maximum absolute atomic E-state index is 9.32. The molecule has 0 atom stereocenters. The first-order valence-corrected chi connectivity index (χ1v) is 6.25. The van der Waals surface area contributed by atoms with Crippen molar-refractivity contribution in [1.82, 2.24) is 20.2 Å². The normalized spacial score (nSPS) is 17.9. The smallest absolute Gasteiger partial charge is 0.205 e. The van der Waals surface area contributed by atoms with Crippen LogP contribution >= 0.6 is 11.3 Å². The Morgan fingerprint density at radius 3 is 3.00 bits per heavy atom. The van der Waals surface area contributed by atoms with Crippen molar-refractivity contribution in [2.75, 3.05) is 19.8 Å². The van der Waals surface area contributed by atoms with Crippen molar-refractivity contribution in [2.24, 2.45) is 5.41 Å². The van der Waals surface area contributed by atoms with E-state index in [0.29, 0.717) is 25.6 Å². The van der Waals surface area contributed by atoms with E-state index >= 15 is 0 Å². The van der Waals surface area contributed by atoms with Gasteiger partial charge in [0.15, 0.2) is 0 Å². The third-order valence-corrected chi connectivity index (χ3v) is 3.54. The van der Waals surface area contributed by atoms with Gasteiger partial charge in [-0.2, -0.15) is 16.1 Å². The summed E-state index contributed by atoms with van der Waals surface area (Å²) in [5, 5.41) is 25.6. The molecule has 0 aromatic carbocycles. The van der Waals surface area contributed by atoms with Gasteiger partial charge in [0.25, 0.3) is 0 Å². The maximum atomic E-state index is 9.32. The van der Waals surface area contributed by atoms with Crippen LogP contribution in [0, 0.1) is 5.41 Å². The number of tetrazole rings is 1. The van der Waals surface area contributed by atoms with E-state index < -0.39 is 0 Å². The summed E-state index contributed by atoms with van der Waals surface area (Å²) >= 11 is 1.60. The van der Waals surface area contributed by atoms with Crippen LogP contribution in [0.25, 0.3) is 11.4 Å². The quantitative estimate of drug-likeness (QED) is 0.853. The van der Waals surface area contributed by atoms with Crippen molar-refractivity contribution in [3.8, 4) is 11.4 Å². The van der Waals surface area contributed by atoms with Gasteiger partial charge in [-0.1, -0.05) is 0 Å². The third-order valence-electron chi connectivity index (χ3n) is 2.86. The summed E-state index contributed by atoms with van der Waals surface area (Å²) in [4.78, 5) is 1.53. The molecule has 7 heteroatoms. The van der Waals surface area contributed by atoms with Crippen molar-refractivity contribution in [2.45, 2.75) is 6.54 Å². The highest BCUT2D eigenvalue weighted by Crippen LogP contribution is 2.28. The van der Waals surface area contributed by atoms with E-state index in [1.54, 1.807) is 11.3 Å². The molecule has 0 bridgehead atoms. The third kappa shape index (κ3) is 1.97. The van der Waals surface area contributed by atoms with E-state index in [2.05, 4.69) is 15.4 Å². The fourth-order valence-electron chi connectivity index (χ4n) is 1.74. The van der Waals surface area contributed by atoms with E-state index in [9.17, 15) is 5.11 Å². The number of hydrogen-bond acceptors (Lipinski definition) is 6. The molecule has 0 amide bonds. The number of aliphatic hydroxyl groups is 1. The number of aromatic nitrogens is 4. The molecule has 2 aromatic heterocycles. The number of rotatable bonds is 4. The Morgan fingerprint density at radius 2 is 2.41 bits per heavy atom. The molecule has 3 heterocycles. The summed E-state index contributed by atoms with van der Waals surface area (Å²) in [6.07, 6.45) is 0. The molecular weight excluding hydrogens is 240 g/mol. The molecule has 90 valence electrons. The lowest BCUT2D eigenvalue weighted by Gasteiger charge is -2.38. The lowest BCUT2D eigenvalue weighted by atomic mass is 9.87. The van der Waals surface area contributed by atoms with Gasteiger partial charge in [-0.15, -0.1) is 10.2 Å². The van der Waals surface area contributed by atoms with Gasteiger partial charge in [0.2, 0.25) is 5.82 Å². The topological polar surface area (TPSA) is 73.1 Å². The minimum atomic E-state index is -0.230. The second kappa shape index (κ2) is 4.17. The van der Waals surface area contributed by atoms with Crippen molar-refractivity contribution in [1.29, 1.82) is 0 Å². The van der Waals surface area contributed by atoms with Crippen LogP contribution in [0.2, 0.25) is 0 Å². The van der Waals surface area contributed by atoms with Crippen LogP contribution in [0.5, 0.6) is 0 Å². The zero-order chi connectivity index (χ0) is 11.7. The molecule has 1 aliphatic rings. The lowest BCUT2D eigenvalue weighted by Crippen LogP contribution is -2.49. The van der Waals surface area contributed by atoms with Crippen molar-refractivity contribution >= 4 is 11.3 Å². The predicted molar refractivity (Wildman–Crippen MR) is 61.5 cm³/mol. The van der Waals surface area contributed by atoms with Crippen molar-refractivity contribution in [3.63, 3.8) is 0 Å². The fourth-order valence-corrected chi connectivity index (χ4v) is 2.38. The molecule has 3 rings (SSSR count). The molecule has 1 aliphatic heterocycles. The standard InChI is InChI=1S/C10H12N4O2S/c15-5-10(6-16-7-10)4-14-12-9(11-13-14)8-1-2-17-3-8/h1-3,15H,4-7H2. The first-order valence-electron chi connectivity index (χ1n) is 5.30. The zero-order valence-electron chi connectivity index (χ0n) is 9.11. The van der Waals surface area contributed by atoms with E-state index in [-0.39, 0.29) is 12.0 Å². The van der Waals surface area contributed by atoms with Crippen LogP contribution in [-0.4, -0.2) is 45.1 Å². The molecule has 17 heavy (non-hydrogen) atoms. The molecule has 1 N–H and O–H groups in total. The van der Waals surface area contributed by atoms with Crippen LogP contribution in [0.3, 0.4) is 0 Å². The minimum absolute atomic E-state index is 0.0856. The Bertz CT molecular complexity index is 487. The Balaban J connectivity index is 1.77. The maximum Gasteiger partial charge on any atom is 0.205 e. The largest absolute Gasteiger partial charge is 0.396 e. The number of thiophene rings is 1. The summed E-state index contributed by atoms with van der Waals surface area (Å²) in [6.45, 7) is 1.74. The average Bonchev–Trinajstić information content (AvgIpc) is 2.94. The molecule has 1 fully saturated rings. The Hall–Kier alpha value is -1.31. The van der Waals surface area contributed by atoms with Gasteiger partial charge in [0, 0.05) is 10.9 Å². The van der Waals surface area contributed by atoms with E-state index in [4.69, 9.17) is 4.74 Å². The van der Waals surface area contributed by atoms with Crippen LogP contribution < -0.4 is 0 Å². The predicted octanol–water partition coefficient (Wildman–Crippen LogP) is 0.410. The molecule has 6 nitrogen and oxygen atoms in total. The van der Waals surface area contributed by atoms with E-state index in [1.807, 2.05) is 16.8 Å². The average molecular weight is 252 g/mol. The van der Waals surface area contributed by atoms with Crippen molar-refractivity contribution < 1.29 is 9.84 Å². The van der Waals surface area contributed by atoms with E-state index in [0.717, 1.165) is 5.56 Å². The highest BCUT2D eigenvalue weighted by Gasteiger charge is 2.39.